The zero-order chi connectivity index (χ0) is 17.7. The van der Waals surface area contributed by atoms with Gasteiger partial charge in [0.05, 0.1) is 0 Å². The second kappa shape index (κ2) is 7.68. The zero-order valence-electron chi connectivity index (χ0n) is 14.9. The van der Waals surface area contributed by atoms with Gasteiger partial charge < -0.3 is 20.4 Å². The quantitative estimate of drug-likeness (QED) is 0.886. The summed E-state index contributed by atoms with van der Waals surface area (Å²) in [5.74, 6) is 0.865. The van der Waals surface area contributed by atoms with Crippen molar-refractivity contribution in [3.63, 3.8) is 0 Å². The molecule has 2 amide bonds. The molecule has 0 bridgehead atoms. The van der Waals surface area contributed by atoms with E-state index in [2.05, 4.69) is 15.6 Å². The molecule has 6 nitrogen and oxygen atoms in total. The molecule has 0 radical (unpaired) electrons. The average molecular weight is 327 g/mol. The molecular formula is C18H25N5O. The number of aromatic nitrogens is 1. The van der Waals surface area contributed by atoms with Crippen LogP contribution in [0, 0.1) is 6.92 Å². The number of hydrogen-bond acceptors (Lipinski definition) is 4. The summed E-state index contributed by atoms with van der Waals surface area (Å²) in [5.41, 5.74) is 4.03. The number of aryl methyl sites for hydroxylation is 1. The number of nitrogens with one attached hydrogen (secondary N) is 2. The lowest BCUT2D eigenvalue weighted by molar-refractivity contribution is 0.251. The van der Waals surface area contributed by atoms with Crippen LogP contribution >= 0.6 is 0 Å². The number of nitrogens with zero attached hydrogens (tertiary/aromatic N) is 3. The molecule has 0 aliphatic heterocycles. The van der Waals surface area contributed by atoms with Crippen LogP contribution in [0.2, 0.25) is 0 Å². The van der Waals surface area contributed by atoms with E-state index >= 15 is 0 Å². The number of carbonyl (C=O) groups excluding carboxylic acids is 1. The molecule has 0 saturated carbocycles. The van der Waals surface area contributed by atoms with Crippen LogP contribution in [0.4, 0.5) is 22.0 Å². The minimum absolute atomic E-state index is 0.227. The summed E-state index contributed by atoms with van der Waals surface area (Å²) in [7, 11) is 7.87. The van der Waals surface area contributed by atoms with E-state index in [0.29, 0.717) is 6.54 Å². The number of anilines is 3. The first kappa shape index (κ1) is 17.6. The highest BCUT2D eigenvalue weighted by atomic mass is 16.2. The van der Waals surface area contributed by atoms with Gasteiger partial charge in [0.1, 0.15) is 5.82 Å². The van der Waals surface area contributed by atoms with Crippen LogP contribution in [-0.4, -0.2) is 39.2 Å². The van der Waals surface area contributed by atoms with Gasteiger partial charge in [-0.3, -0.25) is 0 Å². The summed E-state index contributed by atoms with van der Waals surface area (Å²) in [6, 6.07) is 9.48. The molecule has 2 rings (SSSR count). The number of amides is 2. The predicted molar refractivity (Wildman–Crippen MR) is 99.9 cm³/mol. The minimum atomic E-state index is -0.227. The normalized spacial score (nSPS) is 10.2. The van der Waals surface area contributed by atoms with Crippen molar-refractivity contribution < 1.29 is 4.79 Å². The van der Waals surface area contributed by atoms with Crippen molar-refractivity contribution in [2.75, 3.05) is 43.3 Å². The highest BCUT2D eigenvalue weighted by molar-refractivity contribution is 5.89. The Bertz CT molecular complexity index is 712. The van der Waals surface area contributed by atoms with Crippen LogP contribution in [0.5, 0.6) is 0 Å². The Hall–Kier alpha value is -2.76. The summed E-state index contributed by atoms with van der Waals surface area (Å²) >= 11 is 0. The van der Waals surface area contributed by atoms with E-state index in [4.69, 9.17) is 0 Å². The predicted octanol–water partition coefficient (Wildman–Crippen LogP) is 2.84. The second-order valence-electron chi connectivity index (χ2n) is 6.12. The largest absolute Gasteiger partial charge is 0.377 e. The first-order valence-electron chi connectivity index (χ1n) is 7.82. The van der Waals surface area contributed by atoms with Crippen molar-refractivity contribution >= 4 is 23.2 Å². The third kappa shape index (κ3) is 4.62. The van der Waals surface area contributed by atoms with Gasteiger partial charge in [0.2, 0.25) is 0 Å². The van der Waals surface area contributed by atoms with Crippen molar-refractivity contribution in [3.05, 3.63) is 47.7 Å². The molecule has 0 aliphatic carbocycles. The molecule has 6 heteroatoms. The number of hydrogen-bond donors (Lipinski definition) is 2. The molecule has 1 heterocycles. The zero-order valence-corrected chi connectivity index (χ0v) is 14.9. The minimum Gasteiger partial charge on any atom is -0.377 e. The van der Waals surface area contributed by atoms with Crippen molar-refractivity contribution in [1.82, 2.24) is 10.3 Å². The number of carbonyl (C=O) groups is 1. The van der Waals surface area contributed by atoms with E-state index in [1.165, 1.54) is 0 Å². The van der Waals surface area contributed by atoms with E-state index in [0.717, 1.165) is 28.3 Å². The molecule has 0 fully saturated rings. The second-order valence-corrected chi connectivity index (χ2v) is 6.12. The highest BCUT2D eigenvalue weighted by Crippen LogP contribution is 2.21. The molecule has 1 aromatic heterocycles. The summed E-state index contributed by atoms with van der Waals surface area (Å²) < 4.78 is 0. The molecule has 0 spiro atoms. The summed E-state index contributed by atoms with van der Waals surface area (Å²) in [4.78, 5) is 20.3. The van der Waals surface area contributed by atoms with Gasteiger partial charge in [-0.1, -0.05) is 0 Å². The van der Waals surface area contributed by atoms with Gasteiger partial charge in [-0.25, -0.2) is 9.78 Å². The fourth-order valence-electron chi connectivity index (χ4n) is 2.41. The first-order chi connectivity index (χ1) is 11.4. The molecule has 0 atom stereocenters. The fourth-order valence-corrected chi connectivity index (χ4v) is 2.41. The third-order valence-electron chi connectivity index (χ3n) is 3.66. The van der Waals surface area contributed by atoms with Gasteiger partial charge in [-0.15, -0.1) is 0 Å². The van der Waals surface area contributed by atoms with Gasteiger partial charge >= 0.3 is 6.03 Å². The fraction of sp³-hybridized carbons (Fsp3) is 0.333. The Morgan fingerprint density at radius 3 is 2.46 bits per heavy atom. The highest BCUT2D eigenvalue weighted by Gasteiger charge is 2.06. The summed E-state index contributed by atoms with van der Waals surface area (Å²) in [6.45, 7) is 2.47. The molecule has 0 saturated heterocycles. The molecule has 2 N–H and O–H groups in total. The Kier molecular flexibility index (Phi) is 5.63. The van der Waals surface area contributed by atoms with E-state index in [1.54, 1.807) is 6.20 Å². The number of urea groups is 1. The maximum Gasteiger partial charge on any atom is 0.319 e. The lowest BCUT2D eigenvalue weighted by Gasteiger charge is -2.17. The van der Waals surface area contributed by atoms with Crippen LogP contribution in [-0.2, 0) is 6.54 Å². The third-order valence-corrected chi connectivity index (χ3v) is 3.66. The van der Waals surface area contributed by atoms with Crippen LogP contribution < -0.4 is 20.4 Å². The first-order valence-corrected chi connectivity index (χ1v) is 7.82. The van der Waals surface area contributed by atoms with Gasteiger partial charge in [0.25, 0.3) is 0 Å². The molecular weight excluding hydrogens is 302 g/mol. The monoisotopic (exact) mass is 327 g/mol. The van der Waals surface area contributed by atoms with Crippen molar-refractivity contribution in [1.29, 1.82) is 0 Å². The van der Waals surface area contributed by atoms with Crippen molar-refractivity contribution in [3.8, 4) is 0 Å². The van der Waals surface area contributed by atoms with Gasteiger partial charge in [0, 0.05) is 52.3 Å². The molecule has 24 heavy (non-hydrogen) atoms. The maximum absolute atomic E-state index is 12.1. The molecule has 128 valence electrons. The standard InChI is InChI=1S/C18H25N5O/c1-13-10-15(6-7-16(13)22(2)3)21-18(24)20-12-14-8-9-19-17(11-14)23(4)5/h6-11H,12H2,1-5H3,(H2,20,21,24). The van der Waals surface area contributed by atoms with Crippen LogP contribution in [0.1, 0.15) is 11.1 Å². The van der Waals surface area contributed by atoms with E-state index in [9.17, 15) is 4.79 Å². The lowest BCUT2D eigenvalue weighted by Crippen LogP contribution is -2.28. The SMILES string of the molecule is Cc1cc(NC(=O)NCc2ccnc(N(C)C)c2)ccc1N(C)C. The topological polar surface area (TPSA) is 60.5 Å². The Morgan fingerprint density at radius 1 is 1.08 bits per heavy atom. The molecule has 1 aromatic carbocycles. The Morgan fingerprint density at radius 2 is 1.83 bits per heavy atom. The average Bonchev–Trinajstić information content (AvgIpc) is 2.53. The van der Waals surface area contributed by atoms with E-state index in [1.807, 2.05) is 75.2 Å². The van der Waals surface area contributed by atoms with Gasteiger partial charge in [-0.2, -0.15) is 0 Å². The Labute approximate surface area is 143 Å². The van der Waals surface area contributed by atoms with Crippen LogP contribution in [0.25, 0.3) is 0 Å². The Balaban J connectivity index is 1.94. The number of rotatable bonds is 5. The summed E-state index contributed by atoms with van der Waals surface area (Å²) in [5, 5.41) is 5.73. The molecule has 2 aromatic rings. The summed E-state index contributed by atoms with van der Waals surface area (Å²) in [6.07, 6.45) is 1.74. The van der Waals surface area contributed by atoms with Gasteiger partial charge in [-0.05, 0) is 48.4 Å². The maximum atomic E-state index is 12.1. The smallest absolute Gasteiger partial charge is 0.319 e. The number of pyridine rings is 1. The number of benzene rings is 1. The van der Waals surface area contributed by atoms with Crippen LogP contribution in [0.3, 0.4) is 0 Å². The van der Waals surface area contributed by atoms with Gasteiger partial charge in [0.15, 0.2) is 0 Å². The van der Waals surface area contributed by atoms with E-state index in [-0.39, 0.29) is 6.03 Å². The van der Waals surface area contributed by atoms with Crippen molar-refractivity contribution in [2.45, 2.75) is 13.5 Å². The van der Waals surface area contributed by atoms with E-state index < -0.39 is 0 Å². The molecule has 0 aliphatic rings. The van der Waals surface area contributed by atoms with Crippen LogP contribution in [0.15, 0.2) is 36.5 Å². The van der Waals surface area contributed by atoms with Crippen molar-refractivity contribution in [2.24, 2.45) is 0 Å². The lowest BCUT2D eigenvalue weighted by atomic mass is 10.1. The molecule has 0 unspecified atom stereocenters.